The number of nitrogens with one attached hydrogen (secondary N) is 5. The summed E-state index contributed by atoms with van der Waals surface area (Å²) in [5.41, 5.74) is 1.48. The summed E-state index contributed by atoms with van der Waals surface area (Å²) in [5.74, 6) is -5.76. The number of rotatable bonds is 21. The average Bonchev–Trinajstić information content (AvgIpc) is 0.814. The van der Waals surface area contributed by atoms with Gasteiger partial charge in [0.2, 0.25) is 29.5 Å². The van der Waals surface area contributed by atoms with Gasteiger partial charge in [0.05, 0.1) is 32.7 Å². The van der Waals surface area contributed by atoms with Crippen molar-refractivity contribution in [1.82, 2.24) is 65.8 Å². The number of carboxylic acid groups (broad SMARTS) is 5. The lowest BCUT2D eigenvalue weighted by Crippen LogP contribution is -2.62. The Morgan fingerprint density at radius 3 is 0.471 bits per heavy atom. The van der Waals surface area contributed by atoms with Gasteiger partial charge in [-0.3, -0.25) is 87.1 Å². The molecule has 28 heteroatoms. The molecule has 594 valence electrons. The lowest BCUT2D eigenvalue weighted by molar-refractivity contribution is -0.143. The minimum Gasteiger partial charge on any atom is -0.480 e. The van der Waals surface area contributed by atoms with Crippen molar-refractivity contribution in [2.45, 2.75) is 323 Å². The van der Waals surface area contributed by atoms with Crippen molar-refractivity contribution >= 4 is 59.4 Å². The van der Waals surface area contributed by atoms with Crippen LogP contribution in [0.2, 0.25) is 0 Å². The molecule has 0 radical (unpaired) electrons. The van der Waals surface area contributed by atoms with Crippen molar-refractivity contribution in [3.8, 4) is 0 Å². The predicted octanol–water partition coefficient (Wildman–Crippen LogP) is 6.18. The summed E-state index contributed by atoms with van der Waals surface area (Å²) in [4.78, 5) is 125. The maximum absolute atomic E-state index is 11.1. The molecule has 10 N–H and O–H groups in total. The molecule has 0 aromatic carbocycles. The van der Waals surface area contributed by atoms with Gasteiger partial charge < -0.3 is 52.1 Å². The number of hydrogen-bond donors (Lipinski definition) is 10. The molecule has 5 amide bonds. The molecule has 102 heavy (non-hydrogen) atoms. The molecule has 5 heterocycles. The number of carbonyl (C=O) groups is 10. The van der Waals surface area contributed by atoms with E-state index < -0.39 is 62.6 Å². The summed E-state index contributed by atoms with van der Waals surface area (Å²) in [6.45, 7) is 50.0. The van der Waals surface area contributed by atoms with E-state index in [4.69, 9.17) is 25.5 Å². The van der Waals surface area contributed by atoms with Crippen molar-refractivity contribution in [2.75, 3.05) is 94.1 Å². The lowest BCUT2D eigenvalue weighted by atomic mass is 9.77. The minimum atomic E-state index is -1.24. The van der Waals surface area contributed by atoms with Crippen LogP contribution in [-0.4, -0.2) is 304 Å². The van der Waals surface area contributed by atoms with Crippen molar-refractivity contribution < 1.29 is 73.5 Å². The van der Waals surface area contributed by atoms with E-state index in [0.717, 1.165) is 74.0 Å². The molecule has 0 bridgehead atoms. The lowest BCUT2D eigenvalue weighted by Gasteiger charge is -2.53. The second-order valence-corrected chi connectivity index (χ2v) is 35.6. The second-order valence-electron chi connectivity index (χ2n) is 35.6. The fraction of sp³-hybridized carbons (Fsp3) is 0.865. The number of aliphatic carboxylic acids is 5. The molecule has 0 aliphatic carbocycles. The first-order valence-corrected chi connectivity index (χ1v) is 36.1. The molecule has 0 aromatic heterocycles. The SMILES string of the molecule is CC(=O)NC1CC(C)(C)N(C)C(C)(C)C1.CC(=O)NC1CC(C)(C)N(C)C(C)(C)C1.CC(=O)NC1CC(C)(C)N(C)C(C)(C)C1.CC(=O)NC1CC(C)(C)N(C)C(C)(C)C1.CC(=O)NC1CC(C)(C)N(C)C(C)(C)C1.O=C(O)CN(CCN(CC(=O)O)CC(=O)O)CCN(CC(=O)O)CC(=O)O. The van der Waals surface area contributed by atoms with Crippen molar-refractivity contribution in [1.29, 1.82) is 0 Å². The highest BCUT2D eigenvalue weighted by Crippen LogP contribution is 2.41. The van der Waals surface area contributed by atoms with E-state index in [9.17, 15) is 47.9 Å². The van der Waals surface area contributed by atoms with Crippen molar-refractivity contribution in [3.63, 3.8) is 0 Å². The van der Waals surface area contributed by atoms with E-state index in [1.165, 1.54) is 4.90 Å². The molecule has 5 aliphatic heterocycles. The number of hydrogen-bond acceptors (Lipinski definition) is 18. The summed E-state index contributed by atoms with van der Waals surface area (Å²) in [6, 6.07) is 1.54. The van der Waals surface area contributed by atoms with Crippen LogP contribution in [0.25, 0.3) is 0 Å². The zero-order valence-corrected chi connectivity index (χ0v) is 68.7. The van der Waals surface area contributed by atoms with Gasteiger partial charge in [-0.25, -0.2) is 0 Å². The number of carbonyl (C=O) groups excluding carboxylic acids is 5. The highest BCUT2D eigenvalue weighted by molar-refractivity contribution is 5.75. The Kier molecular flexibility index (Phi) is 37.0. The molecule has 0 unspecified atom stereocenters. The highest BCUT2D eigenvalue weighted by Gasteiger charge is 2.48. The Balaban J connectivity index is 0.00000122. The molecule has 0 atom stereocenters. The third kappa shape index (κ3) is 34.5. The first kappa shape index (κ1) is 96.4. The quantitative estimate of drug-likeness (QED) is 0.0613. The average molecular weight is 1460 g/mol. The second kappa shape index (κ2) is 39.1. The summed E-state index contributed by atoms with van der Waals surface area (Å²) in [6.07, 6.45) is 10.2. The van der Waals surface area contributed by atoms with Crippen LogP contribution in [0.5, 0.6) is 0 Å². The van der Waals surface area contributed by atoms with E-state index >= 15 is 0 Å². The van der Waals surface area contributed by atoms with E-state index in [1.54, 1.807) is 34.6 Å². The van der Waals surface area contributed by atoms with Gasteiger partial charge in [-0.05, 0) is 238 Å². The molecule has 0 spiro atoms. The molecule has 5 rings (SSSR count). The van der Waals surface area contributed by atoms with E-state index in [1.807, 2.05) is 0 Å². The smallest absolute Gasteiger partial charge is 0.317 e. The normalized spacial score (nSPS) is 22.2. The highest BCUT2D eigenvalue weighted by atomic mass is 16.4. The van der Waals surface area contributed by atoms with E-state index in [0.29, 0.717) is 30.2 Å². The molecular weight excluding hydrogens is 1310 g/mol. The van der Waals surface area contributed by atoms with Gasteiger partial charge in [-0.15, -0.1) is 0 Å². The Morgan fingerprint density at radius 1 is 0.255 bits per heavy atom. The Labute approximate surface area is 613 Å². The van der Waals surface area contributed by atoms with Crippen LogP contribution in [0.4, 0.5) is 0 Å². The Bertz CT molecular complexity index is 2310. The largest absolute Gasteiger partial charge is 0.480 e. The molecule has 28 nitrogen and oxygen atoms in total. The summed E-state index contributed by atoms with van der Waals surface area (Å²) in [7, 11) is 10.9. The molecule has 5 saturated heterocycles. The van der Waals surface area contributed by atoms with Gasteiger partial charge >= 0.3 is 29.8 Å². The van der Waals surface area contributed by atoms with Crippen LogP contribution in [0.3, 0.4) is 0 Å². The van der Waals surface area contributed by atoms with Crippen molar-refractivity contribution in [2.24, 2.45) is 0 Å². The zero-order valence-electron chi connectivity index (χ0n) is 68.7. The standard InChI is InChI=1S/C14H23N3O10.5C12H24N2O/c18-10(19)5-15(1-3-16(6-11(20)21)7-12(22)23)2-4-17(8-13(24)25)9-14(26)27;5*1-9(15)13-10-7-11(2,3)14(6)12(4,5)8-10/h1-9H2,(H,18,19)(H,20,21)(H,22,23)(H,24,25)(H,26,27);5*10H,7-8H2,1-6H3,(H,13,15). The van der Waals surface area contributed by atoms with Crippen LogP contribution in [0, 0.1) is 0 Å². The third-order valence-electron chi connectivity index (χ3n) is 21.8. The third-order valence-corrected chi connectivity index (χ3v) is 21.8. The van der Waals surface area contributed by atoms with Gasteiger partial charge in [-0.1, -0.05) is 0 Å². The number of amides is 5. The fourth-order valence-corrected chi connectivity index (χ4v) is 16.0. The summed E-state index contributed by atoms with van der Waals surface area (Å²) < 4.78 is 0. The number of carboxylic acids is 5. The number of likely N-dealkylation sites (tertiary alicyclic amines) is 5. The monoisotopic (exact) mass is 1450 g/mol. The van der Waals surface area contributed by atoms with Gasteiger partial charge in [0.25, 0.3) is 0 Å². The molecule has 0 aromatic rings. The summed E-state index contributed by atoms with van der Waals surface area (Å²) in [5, 5.41) is 59.4. The van der Waals surface area contributed by atoms with Gasteiger partial charge in [-0.2, -0.15) is 0 Å². The van der Waals surface area contributed by atoms with Crippen LogP contribution in [0.1, 0.15) is 237 Å². The van der Waals surface area contributed by atoms with Gasteiger partial charge in [0.1, 0.15) is 0 Å². The van der Waals surface area contributed by atoms with E-state index in [-0.39, 0.29) is 111 Å². The molecular formula is C74H143N13O15. The van der Waals surface area contributed by atoms with Crippen molar-refractivity contribution in [3.05, 3.63) is 0 Å². The number of piperidine rings is 5. The van der Waals surface area contributed by atoms with Crippen LogP contribution in [-0.2, 0) is 47.9 Å². The molecule has 5 aliphatic rings. The number of nitrogens with zero attached hydrogens (tertiary/aromatic N) is 8. The topological polar surface area (TPSA) is 358 Å². The van der Waals surface area contributed by atoms with Crippen LogP contribution < -0.4 is 26.6 Å². The Morgan fingerprint density at radius 2 is 0.363 bits per heavy atom. The maximum atomic E-state index is 11.1. The molecule has 5 fully saturated rings. The first-order valence-electron chi connectivity index (χ1n) is 36.1. The fourth-order valence-electron chi connectivity index (χ4n) is 16.0. The van der Waals surface area contributed by atoms with Crippen LogP contribution in [0.15, 0.2) is 0 Å². The zero-order chi connectivity index (χ0) is 80.2. The molecule has 0 saturated carbocycles. The maximum Gasteiger partial charge on any atom is 0.317 e. The van der Waals surface area contributed by atoms with E-state index in [2.05, 4.69) is 225 Å². The van der Waals surface area contributed by atoms with Crippen LogP contribution >= 0.6 is 0 Å². The minimum absolute atomic E-state index is 0.000836. The predicted molar refractivity (Wildman–Crippen MR) is 401 cm³/mol. The Hall–Kier alpha value is -5.62. The van der Waals surface area contributed by atoms with Gasteiger partial charge in [0, 0.05) is 146 Å². The van der Waals surface area contributed by atoms with Gasteiger partial charge in [0.15, 0.2) is 0 Å². The summed E-state index contributed by atoms with van der Waals surface area (Å²) >= 11 is 0. The first-order chi connectivity index (χ1) is 45.7.